The molecule has 1 unspecified atom stereocenters. The third-order valence-electron chi connectivity index (χ3n) is 3.50. The van der Waals surface area contributed by atoms with Gasteiger partial charge in [-0.2, -0.15) is 0 Å². The number of carbonyl (C=O) groups excluding carboxylic acids is 1. The van der Waals surface area contributed by atoms with Gasteiger partial charge in [0, 0.05) is 18.6 Å². The van der Waals surface area contributed by atoms with E-state index in [4.69, 9.17) is 23.2 Å². The summed E-state index contributed by atoms with van der Waals surface area (Å²) in [5, 5.41) is 2.90. The number of nitrogens with one attached hydrogen (secondary N) is 1. The van der Waals surface area contributed by atoms with E-state index in [0.717, 1.165) is 0 Å². The fraction of sp³-hybridized carbons (Fsp3) is 0.235. The van der Waals surface area contributed by atoms with Gasteiger partial charge in [0.2, 0.25) is 0 Å². The summed E-state index contributed by atoms with van der Waals surface area (Å²) >= 11 is 11.7. The van der Waals surface area contributed by atoms with Gasteiger partial charge >= 0.3 is 6.03 Å². The number of hydrogen-bond acceptors (Lipinski definition) is 1. The number of hydrogen-bond donors (Lipinski definition) is 1. The molecule has 128 valence electrons. The second kappa shape index (κ2) is 7.81. The fourth-order valence-corrected chi connectivity index (χ4v) is 2.77. The zero-order valence-electron chi connectivity index (χ0n) is 13.1. The molecule has 24 heavy (non-hydrogen) atoms. The van der Waals surface area contributed by atoms with E-state index in [-0.39, 0.29) is 22.4 Å². The van der Waals surface area contributed by atoms with E-state index in [1.54, 1.807) is 26.1 Å². The molecule has 0 aliphatic rings. The van der Waals surface area contributed by atoms with Crippen LogP contribution in [0.4, 0.5) is 13.6 Å². The van der Waals surface area contributed by atoms with Crippen molar-refractivity contribution in [2.75, 3.05) is 7.05 Å². The minimum absolute atomic E-state index is 0.0782. The largest absolute Gasteiger partial charge is 0.331 e. The number of benzene rings is 2. The highest BCUT2D eigenvalue weighted by molar-refractivity contribution is 6.35. The first kappa shape index (κ1) is 18.5. The Hall–Kier alpha value is -1.85. The predicted octanol–water partition coefficient (Wildman–Crippen LogP) is 5.17. The van der Waals surface area contributed by atoms with E-state index in [1.807, 2.05) is 0 Å². The van der Waals surface area contributed by atoms with Crippen molar-refractivity contribution < 1.29 is 13.6 Å². The van der Waals surface area contributed by atoms with Gasteiger partial charge in [0.05, 0.1) is 11.1 Å². The van der Waals surface area contributed by atoms with Gasteiger partial charge in [0.25, 0.3) is 0 Å². The highest BCUT2D eigenvalue weighted by Crippen LogP contribution is 2.28. The molecule has 1 atom stereocenters. The summed E-state index contributed by atoms with van der Waals surface area (Å²) in [7, 11) is 1.58. The molecule has 0 fully saturated rings. The Bertz CT molecular complexity index is 755. The van der Waals surface area contributed by atoms with Gasteiger partial charge < -0.3 is 10.2 Å². The zero-order chi connectivity index (χ0) is 17.9. The molecule has 7 heteroatoms. The monoisotopic (exact) mass is 372 g/mol. The summed E-state index contributed by atoms with van der Waals surface area (Å²) in [5.74, 6) is -0.969. The van der Waals surface area contributed by atoms with Crippen molar-refractivity contribution in [3.8, 4) is 0 Å². The lowest BCUT2D eigenvalue weighted by molar-refractivity contribution is 0.203. The van der Waals surface area contributed by atoms with Crippen LogP contribution in [0.5, 0.6) is 0 Å². The summed E-state index contributed by atoms with van der Waals surface area (Å²) in [4.78, 5) is 13.6. The second-order valence-corrected chi connectivity index (χ2v) is 6.26. The molecule has 0 spiro atoms. The molecule has 0 heterocycles. The predicted molar refractivity (Wildman–Crippen MR) is 91.2 cm³/mol. The lowest BCUT2D eigenvalue weighted by atomic mass is 10.1. The first-order chi connectivity index (χ1) is 11.3. The van der Waals surface area contributed by atoms with Crippen molar-refractivity contribution in [1.29, 1.82) is 0 Å². The molecule has 0 bridgehead atoms. The topological polar surface area (TPSA) is 32.3 Å². The zero-order valence-corrected chi connectivity index (χ0v) is 14.6. The van der Waals surface area contributed by atoms with Crippen molar-refractivity contribution in [2.45, 2.75) is 19.5 Å². The number of urea groups is 1. The molecule has 2 aromatic carbocycles. The van der Waals surface area contributed by atoms with Crippen LogP contribution < -0.4 is 5.32 Å². The molecule has 0 aliphatic carbocycles. The van der Waals surface area contributed by atoms with Crippen molar-refractivity contribution >= 4 is 29.2 Å². The maximum atomic E-state index is 13.6. The van der Waals surface area contributed by atoms with Gasteiger partial charge in [0.1, 0.15) is 11.6 Å². The summed E-state index contributed by atoms with van der Waals surface area (Å²) in [6.07, 6.45) is 0. The van der Waals surface area contributed by atoms with Gasteiger partial charge in [-0.25, -0.2) is 13.6 Å². The number of carbonyl (C=O) groups is 1. The van der Waals surface area contributed by atoms with Gasteiger partial charge in [-0.1, -0.05) is 35.3 Å². The highest BCUT2D eigenvalue weighted by atomic mass is 35.5. The Kier molecular flexibility index (Phi) is 6.02. The minimum Gasteiger partial charge on any atom is -0.331 e. The third-order valence-corrected chi connectivity index (χ3v) is 4.12. The van der Waals surface area contributed by atoms with Crippen LogP contribution in [0.15, 0.2) is 36.4 Å². The van der Waals surface area contributed by atoms with E-state index >= 15 is 0 Å². The van der Waals surface area contributed by atoms with Crippen molar-refractivity contribution in [2.24, 2.45) is 0 Å². The maximum absolute atomic E-state index is 13.6. The number of nitrogens with zero attached hydrogens (tertiary/aromatic N) is 1. The summed E-state index contributed by atoms with van der Waals surface area (Å²) < 4.78 is 26.8. The number of amides is 2. The van der Waals surface area contributed by atoms with Crippen LogP contribution in [-0.2, 0) is 6.54 Å². The third kappa shape index (κ3) is 4.58. The SMILES string of the molecule is CC(NC(=O)N(C)Cc1cccc(F)c1)c1cc(F)c(Cl)cc1Cl. The Balaban J connectivity index is 2.04. The van der Waals surface area contributed by atoms with E-state index < -0.39 is 17.9 Å². The second-order valence-electron chi connectivity index (χ2n) is 5.44. The van der Waals surface area contributed by atoms with Crippen molar-refractivity contribution in [3.05, 3.63) is 69.2 Å². The molecule has 2 amide bonds. The standard InChI is InChI=1S/C17H16Cl2F2N2O/c1-10(13-7-16(21)15(19)8-14(13)18)22-17(24)23(2)9-11-4-3-5-12(20)6-11/h3-8,10H,9H2,1-2H3,(H,22,24). The molecule has 2 rings (SSSR count). The average Bonchev–Trinajstić information content (AvgIpc) is 2.50. The summed E-state index contributed by atoms with van der Waals surface area (Å²) in [6, 6.07) is 7.58. The van der Waals surface area contributed by atoms with Gasteiger partial charge in [-0.3, -0.25) is 0 Å². The van der Waals surface area contributed by atoms with Crippen LogP contribution in [0.2, 0.25) is 10.0 Å². The van der Waals surface area contributed by atoms with Crippen LogP contribution in [0, 0.1) is 11.6 Å². The van der Waals surface area contributed by atoms with E-state index in [1.165, 1.54) is 29.2 Å². The Morgan fingerprint density at radius 1 is 1.21 bits per heavy atom. The van der Waals surface area contributed by atoms with E-state index in [9.17, 15) is 13.6 Å². The normalized spacial score (nSPS) is 11.9. The Morgan fingerprint density at radius 2 is 1.92 bits per heavy atom. The van der Waals surface area contributed by atoms with Crippen molar-refractivity contribution in [3.63, 3.8) is 0 Å². The Morgan fingerprint density at radius 3 is 2.58 bits per heavy atom. The van der Waals surface area contributed by atoms with Crippen LogP contribution >= 0.6 is 23.2 Å². The molecule has 0 saturated heterocycles. The van der Waals surface area contributed by atoms with Crippen LogP contribution in [0.25, 0.3) is 0 Å². The van der Waals surface area contributed by atoms with Gasteiger partial charge in [-0.15, -0.1) is 0 Å². The van der Waals surface area contributed by atoms with Crippen LogP contribution in [0.3, 0.4) is 0 Å². The molecule has 0 radical (unpaired) electrons. The van der Waals surface area contributed by atoms with Gasteiger partial charge in [0.15, 0.2) is 0 Å². The minimum atomic E-state index is -0.606. The number of halogens is 4. The lowest BCUT2D eigenvalue weighted by Gasteiger charge is -2.22. The molecular weight excluding hydrogens is 357 g/mol. The molecular formula is C17H16Cl2F2N2O. The molecule has 0 saturated carbocycles. The maximum Gasteiger partial charge on any atom is 0.317 e. The first-order valence-corrected chi connectivity index (χ1v) is 7.94. The van der Waals surface area contributed by atoms with Crippen molar-refractivity contribution in [1.82, 2.24) is 10.2 Å². The van der Waals surface area contributed by atoms with Crippen LogP contribution in [-0.4, -0.2) is 18.0 Å². The molecule has 0 aliphatic heterocycles. The molecule has 0 aromatic heterocycles. The fourth-order valence-electron chi connectivity index (χ4n) is 2.22. The quantitative estimate of drug-likeness (QED) is 0.737. The molecule has 3 nitrogen and oxygen atoms in total. The van der Waals surface area contributed by atoms with Crippen LogP contribution in [0.1, 0.15) is 24.1 Å². The summed E-state index contributed by atoms with van der Waals surface area (Å²) in [6.45, 7) is 1.92. The summed E-state index contributed by atoms with van der Waals surface area (Å²) in [5.41, 5.74) is 1.09. The molecule has 2 aromatic rings. The highest BCUT2D eigenvalue weighted by Gasteiger charge is 2.17. The van der Waals surface area contributed by atoms with Gasteiger partial charge in [-0.05, 0) is 42.3 Å². The van der Waals surface area contributed by atoms with E-state index in [2.05, 4.69) is 5.32 Å². The average molecular weight is 373 g/mol. The Labute approximate surface area is 149 Å². The van der Waals surface area contributed by atoms with E-state index in [0.29, 0.717) is 11.1 Å². The molecule has 1 N–H and O–H groups in total. The smallest absolute Gasteiger partial charge is 0.317 e. The lowest BCUT2D eigenvalue weighted by Crippen LogP contribution is -2.38. The first-order valence-electron chi connectivity index (χ1n) is 7.18. The number of rotatable bonds is 4.